The second-order valence-corrected chi connectivity index (χ2v) is 3.87. The second-order valence-electron chi connectivity index (χ2n) is 3.01. The number of rotatable bonds is 2. The van der Waals surface area contributed by atoms with Crippen molar-refractivity contribution in [2.45, 2.75) is 13.3 Å². The Morgan fingerprint density at radius 2 is 2.31 bits per heavy atom. The van der Waals surface area contributed by atoms with Crippen LogP contribution in [-0.2, 0) is 6.42 Å². The summed E-state index contributed by atoms with van der Waals surface area (Å²) in [6.45, 7) is 5.80. The first-order valence-electron chi connectivity index (χ1n) is 3.97. The molecule has 1 rings (SSSR count). The van der Waals surface area contributed by atoms with Gasteiger partial charge in [0.25, 0.3) is 0 Å². The van der Waals surface area contributed by atoms with E-state index >= 15 is 0 Å². The van der Waals surface area contributed by atoms with Crippen molar-refractivity contribution in [1.82, 2.24) is 0 Å². The van der Waals surface area contributed by atoms with Crippen molar-refractivity contribution in [3.63, 3.8) is 0 Å². The third-order valence-corrected chi connectivity index (χ3v) is 2.46. The lowest BCUT2D eigenvalue weighted by atomic mass is 10.0. The summed E-state index contributed by atoms with van der Waals surface area (Å²) in [4.78, 5) is 0. The van der Waals surface area contributed by atoms with Gasteiger partial charge in [0.05, 0.1) is 11.6 Å². The Morgan fingerprint density at radius 1 is 1.62 bits per heavy atom. The Balaban J connectivity index is 3.17. The molecule has 1 nitrogen and oxygen atoms in total. The van der Waals surface area contributed by atoms with Crippen LogP contribution in [0.1, 0.15) is 18.1 Å². The van der Waals surface area contributed by atoms with E-state index in [4.69, 9.17) is 5.26 Å². The molecule has 0 fully saturated rings. The highest BCUT2D eigenvalue weighted by atomic mass is 79.9. The molecule has 0 unspecified atom stereocenters. The maximum Gasteiger partial charge on any atom is 0.0995 e. The number of nitriles is 1. The van der Waals surface area contributed by atoms with E-state index in [2.05, 4.69) is 28.6 Å². The lowest BCUT2D eigenvalue weighted by Crippen LogP contribution is -1.92. The Kier molecular flexibility index (Phi) is 3.27. The van der Waals surface area contributed by atoms with Crippen molar-refractivity contribution in [3.05, 3.63) is 46.0 Å². The quantitative estimate of drug-likeness (QED) is 0.721. The number of halogens is 1. The number of nitrogens with zero attached hydrogens (tertiary/aromatic N) is 1. The lowest BCUT2D eigenvalue weighted by molar-refractivity contribution is 1.13. The van der Waals surface area contributed by atoms with E-state index in [1.165, 1.54) is 0 Å². The molecule has 0 aliphatic heterocycles. The predicted molar refractivity (Wildman–Crippen MR) is 57.4 cm³/mol. The third kappa shape index (κ3) is 2.43. The van der Waals surface area contributed by atoms with E-state index in [9.17, 15) is 0 Å². The van der Waals surface area contributed by atoms with E-state index in [1.807, 2.05) is 25.1 Å². The van der Waals surface area contributed by atoms with Gasteiger partial charge in [-0.25, -0.2) is 0 Å². The van der Waals surface area contributed by atoms with Crippen LogP contribution < -0.4 is 0 Å². The van der Waals surface area contributed by atoms with Crippen LogP contribution in [-0.4, -0.2) is 0 Å². The molecular weight excluding hydrogens is 226 g/mol. The average Bonchev–Trinajstić information content (AvgIpc) is 2.08. The van der Waals surface area contributed by atoms with Gasteiger partial charge in [-0.1, -0.05) is 34.1 Å². The van der Waals surface area contributed by atoms with Crippen molar-refractivity contribution in [1.29, 1.82) is 5.26 Å². The van der Waals surface area contributed by atoms with Gasteiger partial charge in [0.15, 0.2) is 0 Å². The molecule has 13 heavy (non-hydrogen) atoms. The fraction of sp³-hybridized carbons (Fsp3) is 0.182. The smallest absolute Gasteiger partial charge is 0.0995 e. The van der Waals surface area contributed by atoms with Crippen LogP contribution in [0.25, 0.3) is 0 Å². The van der Waals surface area contributed by atoms with Crippen molar-refractivity contribution in [2.24, 2.45) is 0 Å². The van der Waals surface area contributed by atoms with E-state index in [0.29, 0.717) is 0 Å². The van der Waals surface area contributed by atoms with Gasteiger partial charge in [0.1, 0.15) is 0 Å². The highest BCUT2D eigenvalue weighted by molar-refractivity contribution is 9.10. The number of benzene rings is 1. The molecule has 0 bridgehead atoms. The van der Waals surface area contributed by atoms with Crippen LogP contribution in [0.2, 0.25) is 0 Å². The molecule has 0 saturated heterocycles. The molecule has 66 valence electrons. The molecule has 0 heterocycles. The first-order chi connectivity index (χ1) is 6.15. The van der Waals surface area contributed by atoms with Crippen LogP contribution in [0.3, 0.4) is 0 Å². The monoisotopic (exact) mass is 235 g/mol. The fourth-order valence-electron chi connectivity index (χ4n) is 1.14. The summed E-state index contributed by atoms with van der Waals surface area (Å²) in [5.41, 5.74) is 2.80. The van der Waals surface area contributed by atoms with E-state index in [-0.39, 0.29) is 0 Å². The average molecular weight is 236 g/mol. The maximum atomic E-state index is 8.86. The summed E-state index contributed by atoms with van der Waals surface area (Å²) >= 11 is 3.42. The fourth-order valence-corrected chi connectivity index (χ4v) is 1.65. The maximum absolute atomic E-state index is 8.86. The molecule has 0 aromatic heterocycles. The zero-order valence-corrected chi connectivity index (χ0v) is 9.06. The van der Waals surface area contributed by atoms with Gasteiger partial charge in [0, 0.05) is 4.47 Å². The van der Waals surface area contributed by atoms with Crippen molar-refractivity contribution in [2.75, 3.05) is 0 Å². The Morgan fingerprint density at radius 3 is 2.85 bits per heavy atom. The predicted octanol–water partition coefficient (Wildman–Crippen LogP) is 3.44. The van der Waals surface area contributed by atoms with Crippen LogP contribution in [0.15, 0.2) is 34.8 Å². The first-order valence-corrected chi connectivity index (χ1v) is 4.76. The number of allylic oxidation sites excluding steroid dienone is 1. The van der Waals surface area contributed by atoms with E-state index in [1.54, 1.807) is 0 Å². The minimum atomic E-state index is 0.720. The second kappa shape index (κ2) is 4.25. The van der Waals surface area contributed by atoms with Gasteiger partial charge in [-0.15, -0.1) is 0 Å². The van der Waals surface area contributed by atoms with Crippen LogP contribution in [0.5, 0.6) is 0 Å². The highest BCUT2D eigenvalue weighted by Crippen LogP contribution is 2.22. The van der Waals surface area contributed by atoms with Crippen molar-refractivity contribution in [3.8, 4) is 6.07 Å². The molecule has 0 amide bonds. The van der Waals surface area contributed by atoms with Gasteiger partial charge in [0.2, 0.25) is 0 Å². The molecule has 1 aromatic carbocycles. The normalized spacial score (nSPS) is 9.31. The Labute approximate surface area is 86.8 Å². The third-order valence-electron chi connectivity index (χ3n) is 1.72. The van der Waals surface area contributed by atoms with Gasteiger partial charge >= 0.3 is 0 Å². The summed E-state index contributed by atoms with van der Waals surface area (Å²) < 4.78 is 0.981. The van der Waals surface area contributed by atoms with Crippen molar-refractivity contribution < 1.29 is 0 Å². The molecule has 0 saturated carbocycles. The van der Waals surface area contributed by atoms with E-state index < -0.39 is 0 Å². The Bertz CT molecular complexity index is 374. The highest BCUT2D eigenvalue weighted by Gasteiger charge is 2.05. The number of hydrogen-bond acceptors (Lipinski definition) is 1. The topological polar surface area (TPSA) is 23.8 Å². The number of hydrogen-bond donors (Lipinski definition) is 0. The lowest BCUT2D eigenvalue weighted by Gasteiger charge is -2.05. The molecule has 0 radical (unpaired) electrons. The zero-order chi connectivity index (χ0) is 9.84. The van der Waals surface area contributed by atoms with Crippen LogP contribution in [0, 0.1) is 11.3 Å². The van der Waals surface area contributed by atoms with Crippen LogP contribution >= 0.6 is 15.9 Å². The minimum absolute atomic E-state index is 0.720. The zero-order valence-electron chi connectivity index (χ0n) is 7.47. The molecule has 0 aliphatic carbocycles. The van der Waals surface area contributed by atoms with Crippen molar-refractivity contribution >= 4 is 15.9 Å². The molecule has 1 aromatic rings. The molecule has 2 heteroatoms. The standard InChI is InChI=1S/C11H10BrN/c1-8(2)6-10-9(7-13)4-3-5-11(10)12/h3-5H,1,6H2,2H3. The molecule has 0 spiro atoms. The summed E-state index contributed by atoms with van der Waals surface area (Å²) in [5, 5.41) is 8.86. The Hall–Kier alpha value is -1.07. The SMILES string of the molecule is C=C(C)Cc1c(Br)cccc1C#N. The molecular formula is C11H10BrN. The summed E-state index contributed by atoms with van der Waals surface area (Å²) in [5.74, 6) is 0. The molecule has 0 aliphatic rings. The van der Waals surface area contributed by atoms with Gasteiger partial charge in [-0.3, -0.25) is 0 Å². The van der Waals surface area contributed by atoms with Gasteiger partial charge in [-0.2, -0.15) is 5.26 Å². The summed E-state index contributed by atoms with van der Waals surface area (Å²) in [7, 11) is 0. The summed E-state index contributed by atoms with van der Waals surface area (Å²) in [6, 6.07) is 7.80. The summed E-state index contributed by atoms with van der Waals surface area (Å²) in [6.07, 6.45) is 0.754. The van der Waals surface area contributed by atoms with Crippen LogP contribution in [0.4, 0.5) is 0 Å². The molecule has 0 N–H and O–H groups in total. The largest absolute Gasteiger partial charge is 0.192 e. The molecule has 0 atom stereocenters. The van der Waals surface area contributed by atoms with Gasteiger partial charge in [-0.05, 0) is 31.0 Å². The minimum Gasteiger partial charge on any atom is -0.192 e. The van der Waals surface area contributed by atoms with Gasteiger partial charge < -0.3 is 0 Å². The van der Waals surface area contributed by atoms with E-state index in [0.717, 1.165) is 27.6 Å². The first kappa shape index (κ1) is 10.0.